The molecule has 0 bridgehead atoms. The summed E-state index contributed by atoms with van der Waals surface area (Å²) in [5, 5.41) is 6.23. The topological polar surface area (TPSA) is 101 Å². The van der Waals surface area contributed by atoms with Crippen molar-refractivity contribution < 1.29 is 13.2 Å². The molecular formula is C13H17N5O3S. The van der Waals surface area contributed by atoms with Crippen molar-refractivity contribution in [1.29, 1.82) is 0 Å². The van der Waals surface area contributed by atoms with Crippen molar-refractivity contribution in [2.75, 3.05) is 19.7 Å². The predicted molar refractivity (Wildman–Crippen MR) is 77.5 cm³/mol. The van der Waals surface area contributed by atoms with Gasteiger partial charge in [-0.2, -0.15) is 9.40 Å². The number of hydrogen-bond donors (Lipinski definition) is 1. The number of rotatable bonds is 3. The van der Waals surface area contributed by atoms with Crippen LogP contribution in [0.4, 0.5) is 0 Å². The molecule has 0 saturated carbocycles. The normalized spacial score (nSPS) is 20.2. The van der Waals surface area contributed by atoms with Crippen molar-refractivity contribution in [3.63, 3.8) is 0 Å². The minimum Gasteiger partial charge on any atom is -0.369 e. The van der Waals surface area contributed by atoms with E-state index in [0.29, 0.717) is 24.7 Å². The molecule has 2 aromatic rings. The average Bonchev–Trinajstić information content (AvgIpc) is 3.01. The molecule has 0 amide bonds. The van der Waals surface area contributed by atoms with E-state index in [2.05, 4.69) is 20.2 Å². The molecule has 1 fully saturated rings. The van der Waals surface area contributed by atoms with Gasteiger partial charge in [-0.15, -0.1) is 0 Å². The summed E-state index contributed by atoms with van der Waals surface area (Å²) in [7, 11) is -3.56. The fourth-order valence-electron chi connectivity index (χ4n) is 2.46. The van der Waals surface area contributed by atoms with E-state index < -0.39 is 16.1 Å². The number of morpholine rings is 1. The van der Waals surface area contributed by atoms with E-state index in [9.17, 15) is 8.42 Å². The molecule has 1 saturated heterocycles. The van der Waals surface area contributed by atoms with Gasteiger partial charge in [0.05, 0.1) is 18.5 Å². The van der Waals surface area contributed by atoms with Crippen LogP contribution in [0.3, 0.4) is 0 Å². The molecule has 0 spiro atoms. The van der Waals surface area contributed by atoms with Crippen molar-refractivity contribution in [3.05, 3.63) is 35.7 Å². The van der Waals surface area contributed by atoms with Gasteiger partial charge >= 0.3 is 0 Å². The third-order valence-electron chi connectivity index (χ3n) is 3.46. The molecule has 0 radical (unpaired) electrons. The number of nitrogens with one attached hydrogen (secondary N) is 1. The zero-order chi connectivity index (χ0) is 15.7. The number of aromatic nitrogens is 4. The summed E-state index contributed by atoms with van der Waals surface area (Å²) < 4.78 is 32.2. The SMILES string of the molecule is Cc1cc([C@H]2CN(S(=O)(=O)c3cn[nH]c3)CCO2)nc(C)n1. The van der Waals surface area contributed by atoms with E-state index in [1.165, 1.54) is 16.7 Å². The number of aryl methyl sites for hydroxylation is 2. The molecule has 3 heterocycles. The van der Waals surface area contributed by atoms with Gasteiger partial charge in [0.25, 0.3) is 0 Å². The predicted octanol–water partition coefficient (Wildman–Crippen LogP) is 0.579. The van der Waals surface area contributed by atoms with Crippen LogP contribution in [0.25, 0.3) is 0 Å². The number of ether oxygens (including phenoxy) is 1. The van der Waals surface area contributed by atoms with Crippen LogP contribution < -0.4 is 0 Å². The van der Waals surface area contributed by atoms with Gasteiger partial charge < -0.3 is 4.74 Å². The smallest absolute Gasteiger partial charge is 0.246 e. The molecule has 9 heteroatoms. The van der Waals surface area contributed by atoms with Gasteiger partial charge in [0.15, 0.2) is 0 Å². The van der Waals surface area contributed by atoms with Crippen LogP contribution in [0, 0.1) is 13.8 Å². The van der Waals surface area contributed by atoms with Crippen molar-refractivity contribution in [2.45, 2.75) is 24.8 Å². The van der Waals surface area contributed by atoms with E-state index in [1.54, 1.807) is 6.92 Å². The molecule has 2 aromatic heterocycles. The third-order valence-corrected chi connectivity index (χ3v) is 5.29. The molecule has 22 heavy (non-hydrogen) atoms. The van der Waals surface area contributed by atoms with E-state index in [0.717, 1.165) is 5.69 Å². The van der Waals surface area contributed by atoms with Crippen LogP contribution in [-0.4, -0.2) is 52.6 Å². The fraction of sp³-hybridized carbons (Fsp3) is 0.462. The summed E-state index contributed by atoms with van der Waals surface area (Å²) in [6, 6.07) is 1.83. The van der Waals surface area contributed by atoms with E-state index in [1.807, 2.05) is 13.0 Å². The number of nitrogens with zero attached hydrogens (tertiary/aromatic N) is 4. The molecular weight excluding hydrogens is 306 g/mol. The number of H-pyrrole nitrogens is 1. The molecule has 8 nitrogen and oxygen atoms in total. The highest BCUT2D eigenvalue weighted by Crippen LogP contribution is 2.25. The Bertz CT molecular complexity index is 740. The Kier molecular flexibility index (Phi) is 3.94. The Morgan fingerprint density at radius 1 is 1.36 bits per heavy atom. The van der Waals surface area contributed by atoms with Gasteiger partial charge in [0, 0.05) is 25.0 Å². The second-order valence-electron chi connectivity index (χ2n) is 5.14. The largest absolute Gasteiger partial charge is 0.369 e. The van der Waals surface area contributed by atoms with Gasteiger partial charge in [0.1, 0.15) is 16.8 Å². The Morgan fingerprint density at radius 3 is 2.86 bits per heavy atom. The summed E-state index contributed by atoms with van der Waals surface area (Å²) in [6.07, 6.45) is 2.29. The lowest BCUT2D eigenvalue weighted by molar-refractivity contribution is -0.00513. The molecule has 0 aliphatic carbocycles. The summed E-state index contributed by atoms with van der Waals surface area (Å²) in [4.78, 5) is 8.74. The van der Waals surface area contributed by atoms with Crippen LogP contribution in [0.5, 0.6) is 0 Å². The van der Waals surface area contributed by atoms with Crippen LogP contribution in [0.15, 0.2) is 23.4 Å². The average molecular weight is 323 g/mol. The summed E-state index contributed by atoms with van der Waals surface area (Å²) >= 11 is 0. The highest BCUT2D eigenvalue weighted by molar-refractivity contribution is 7.89. The molecule has 1 atom stereocenters. The molecule has 3 rings (SSSR count). The lowest BCUT2D eigenvalue weighted by atomic mass is 10.2. The Balaban J connectivity index is 1.86. The Morgan fingerprint density at radius 2 is 2.18 bits per heavy atom. The lowest BCUT2D eigenvalue weighted by Crippen LogP contribution is -2.42. The van der Waals surface area contributed by atoms with Crippen molar-refractivity contribution >= 4 is 10.0 Å². The highest BCUT2D eigenvalue weighted by Gasteiger charge is 2.32. The maximum atomic E-state index is 12.5. The zero-order valence-corrected chi connectivity index (χ0v) is 13.2. The summed E-state index contributed by atoms with van der Waals surface area (Å²) in [6.45, 7) is 4.54. The first-order valence-corrected chi connectivity index (χ1v) is 8.33. The van der Waals surface area contributed by atoms with Gasteiger partial charge in [-0.3, -0.25) is 5.10 Å². The number of aromatic amines is 1. The molecule has 1 N–H and O–H groups in total. The van der Waals surface area contributed by atoms with Crippen LogP contribution in [0.1, 0.15) is 23.3 Å². The first-order valence-electron chi connectivity index (χ1n) is 6.89. The second kappa shape index (κ2) is 5.75. The monoisotopic (exact) mass is 323 g/mol. The number of sulfonamides is 1. The fourth-order valence-corrected chi connectivity index (χ4v) is 3.79. The van der Waals surface area contributed by atoms with Gasteiger partial charge in [-0.05, 0) is 19.9 Å². The van der Waals surface area contributed by atoms with Crippen LogP contribution >= 0.6 is 0 Å². The van der Waals surface area contributed by atoms with Crippen molar-refractivity contribution in [1.82, 2.24) is 24.5 Å². The summed E-state index contributed by atoms with van der Waals surface area (Å²) in [5.74, 6) is 0.647. The van der Waals surface area contributed by atoms with Crippen LogP contribution in [-0.2, 0) is 14.8 Å². The Hall–Kier alpha value is -1.84. The zero-order valence-electron chi connectivity index (χ0n) is 12.4. The van der Waals surface area contributed by atoms with Crippen molar-refractivity contribution in [2.24, 2.45) is 0 Å². The lowest BCUT2D eigenvalue weighted by Gasteiger charge is -2.31. The number of hydrogen-bond acceptors (Lipinski definition) is 6. The highest BCUT2D eigenvalue weighted by atomic mass is 32.2. The summed E-state index contributed by atoms with van der Waals surface area (Å²) in [5.41, 5.74) is 1.54. The van der Waals surface area contributed by atoms with Gasteiger partial charge in [-0.1, -0.05) is 0 Å². The second-order valence-corrected chi connectivity index (χ2v) is 7.08. The van der Waals surface area contributed by atoms with E-state index in [-0.39, 0.29) is 11.4 Å². The maximum Gasteiger partial charge on any atom is 0.246 e. The minimum absolute atomic E-state index is 0.156. The van der Waals surface area contributed by atoms with Gasteiger partial charge in [0.2, 0.25) is 10.0 Å². The molecule has 1 aliphatic heterocycles. The Labute approximate surface area is 128 Å². The first kappa shape index (κ1) is 15.1. The quantitative estimate of drug-likeness (QED) is 0.886. The first-order chi connectivity index (χ1) is 10.5. The van der Waals surface area contributed by atoms with Crippen molar-refractivity contribution in [3.8, 4) is 0 Å². The molecule has 1 aliphatic rings. The standard InChI is InChI=1S/C13H17N5O3S/c1-9-5-12(17-10(2)16-9)13-8-18(3-4-21-13)22(19,20)11-6-14-15-7-11/h5-7,13H,3-4,8H2,1-2H3,(H,14,15)/t13-/m1/s1. The third kappa shape index (κ3) is 2.87. The molecule has 0 aromatic carbocycles. The van der Waals surface area contributed by atoms with Crippen LogP contribution in [0.2, 0.25) is 0 Å². The molecule has 118 valence electrons. The maximum absolute atomic E-state index is 12.5. The van der Waals surface area contributed by atoms with E-state index in [4.69, 9.17) is 4.74 Å². The van der Waals surface area contributed by atoms with E-state index >= 15 is 0 Å². The molecule has 0 unspecified atom stereocenters. The van der Waals surface area contributed by atoms with Gasteiger partial charge in [-0.25, -0.2) is 18.4 Å². The minimum atomic E-state index is -3.56.